The molecule has 3 aromatic heterocycles. The fourth-order valence-electron chi connectivity index (χ4n) is 2.48. The molecule has 10 heteroatoms. The average Bonchev–Trinajstić information content (AvgIpc) is 3.46. The molecule has 0 atom stereocenters. The van der Waals surface area contributed by atoms with Gasteiger partial charge >= 0.3 is 0 Å². The molecule has 4 rings (SSSR count). The van der Waals surface area contributed by atoms with Gasteiger partial charge in [-0.3, -0.25) is 0 Å². The summed E-state index contributed by atoms with van der Waals surface area (Å²) < 4.78 is 18.4. The third-order valence-electron chi connectivity index (χ3n) is 3.80. The zero-order chi connectivity index (χ0) is 20.2. The minimum atomic E-state index is 0.178. The number of hydrogen-bond acceptors (Lipinski definition) is 7. The van der Waals surface area contributed by atoms with E-state index >= 15 is 0 Å². The highest BCUT2D eigenvalue weighted by molar-refractivity contribution is 7.98. The molecule has 7 nitrogen and oxygen atoms in total. The molecule has 0 unspecified atom stereocenters. The van der Waals surface area contributed by atoms with Gasteiger partial charge < -0.3 is 13.6 Å². The van der Waals surface area contributed by atoms with Gasteiger partial charge in [-0.2, -0.15) is 9.78 Å². The molecule has 1 aromatic carbocycles. The van der Waals surface area contributed by atoms with Gasteiger partial charge in [0, 0.05) is 0 Å². The second-order valence-electron chi connectivity index (χ2n) is 5.69. The number of para-hydroxylation sites is 1. The summed E-state index contributed by atoms with van der Waals surface area (Å²) in [5, 5.41) is 14.2. The summed E-state index contributed by atoms with van der Waals surface area (Å²) in [6.07, 6.45) is 5.03. The van der Waals surface area contributed by atoms with E-state index in [1.165, 1.54) is 11.8 Å². The third kappa shape index (κ3) is 4.34. The number of furan rings is 2. The lowest BCUT2D eigenvalue weighted by molar-refractivity contribution is 0.270. The zero-order valence-electron chi connectivity index (χ0n) is 15.1. The maximum absolute atomic E-state index is 6.11. The van der Waals surface area contributed by atoms with Crippen LogP contribution in [0.25, 0.3) is 11.6 Å². The SMILES string of the molecule is CSc1nnc(-c2ccco2)n1/N=C/c1ccc(COc2c(Cl)cccc2Cl)o1. The molecule has 0 amide bonds. The van der Waals surface area contributed by atoms with Gasteiger partial charge in [-0.1, -0.05) is 41.0 Å². The van der Waals surface area contributed by atoms with Crippen molar-refractivity contribution in [2.75, 3.05) is 6.26 Å². The van der Waals surface area contributed by atoms with Crippen LogP contribution in [-0.2, 0) is 6.61 Å². The molecule has 0 saturated heterocycles. The maximum Gasteiger partial charge on any atom is 0.221 e. The Kier molecular flexibility index (Phi) is 5.94. The number of ether oxygens (including phenoxy) is 1. The molecule has 0 aliphatic rings. The lowest BCUT2D eigenvalue weighted by atomic mass is 10.3. The fraction of sp³-hybridized carbons (Fsp3) is 0.105. The molecular weight excluding hydrogens is 435 g/mol. The monoisotopic (exact) mass is 448 g/mol. The van der Waals surface area contributed by atoms with Crippen LogP contribution in [0.4, 0.5) is 0 Å². The van der Waals surface area contributed by atoms with Crippen LogP contribution in [0.2, 0.25) is 10.0 Å². The fourth-order valence-corrected chi connectivity index (χ4v) is 3.41. The molecule has 3 heterocycles. The number of halogens is 2. The molecule has 0 N–H and O–H groups in total. The van der Waals surface area contributed by atoms with E-state index in [1.807, 2.05) is 6.26 Å². The Morgan fingerprint density at radius 1 is 1.14 bits per heavy atom. The Balaban J connectivity index is 1.50. The Labute approximate surface area is 180 Å². The van der Waals surface area contributed by atoms with Crippen molar-refractivity contribution in [1.29, 1.82) is 0 Å². The molecule has 0 aliphatic heterocycles. The number of rotatable bonds is 7. The van der Waals surface area contributed by atoms with Gasteiger partial charge in [-0.15, -0.1) is 10.2 Å². The summed E-state index contributed by atoms with van der Waals surface area (Å²) in [4.78, 5) is 0. The summed E-state index contributed by atoms with van der Waals surface area (Å²) >= 11 is 13.6. The van der Waals surface area contributed by atoms with Crippen molar-refractivity contribution >= 4 is 41.2 Å². The quantitative estimate of drug-likeness (QED) is 0.269. The van der Waals surface area contributed by atoms with Gasteiger partial charge in [0.1, 0.15) is 18.1 Å². The predicted octanol–water partition coefficient (Wildman–Crippen LogP) is 5.62. The van der Waals surface area contributed by atoms with Gasteiger partial charge in [0.15, 0.2) is 11.5 Å². The van der Waals surface area contributed by atoms with E-state index in [2.05, 4.69) is 15.3 Å². The van der Waals surface area contributed by atoms with E-state index in [9.17, 15) is 0 Å². The molecule has 29 heavy (non-hydrogen) atoms. The van der Waals surface area contributed by atoms with Crippen LogP contribution in [0.1, 0.15) is 11.5 Å². The van der Waals surface area contributed by atoms with Gasteiger partial charge in [0.25, 0.3) is 0 Å². The zero-order valence-corrected chi connectivity index (χ0v) is 17.4. The van der Waals surface area contributed by atoms with Gasteiger partial charge in [0.05, 0.1) is 22.5 Å². The Morgan fingerprint density at radius 3 is 2.69 bits per heavy atom. The molecule has 4 aromatic rings. The van der Waals surface area contributed by atoms with E-state index in [0.29, 0.717) is 44.1 Å². The summed E-state index contributed by atoms with van der Waals surface area (Å²) in [7, 11) is 0. The summed E-state index contributed by atoms with van der Waals surface area (Å²) in [6, 6.07) is 12.3. The molecule has 0 fully saturated rings. The highest BCUT2D eigenvalue weighted by atomic mass is 35.5. The molecule has 148 valence electrons. The van der Waals surface area contributed by atoms with Crippen molar-refractivity contribution in [3.63, 3.8) is 0 Å². The normalized spacial score (nSPS) is 11.4. The van der Waals surface area contributed by atoms with Crippen molar-refractivity contribution in [2.24, 2.45) is 5.10 Å². The van der Waals surface area contributed by atoms with Crippen LogP contribution in [0, 0.1) is 0 Å². The largest absolute Gasteiger partial charge is 0.483 e. The van der Waals surface area contributed by atoms with Crippen LogP contribution < -0.4 is 4.74 Å². The van der Waals surface area contributed by atoms with E-state index in [1.54, 1.807) is 59.6 Å². The second-order valence-corrected chi connectivity index (χ2v) is 7.28. The van der Waals surface area contributed by atoms with Crippen LogP contribution in [0.5, 0.6) is 5.75 Å². The minimum Gasteiger partial charge on any atom is -0.483 e. The summed E-state index contributed by atoms with van der Waals surface area (Å²) in [5.41, 5.74) is 0. The second kappa shape index (κ2) is 8.77. The molecule has 0 aliphatic carbocycles. The Morgan fingerprint density at radius 2 is 1.97 bits per heavy atom. The predicted molar refractivity (Wildman–Crippen MR) is 112 cm³/mol. The van der Waals surface area contributed by atoms with E-state index in [0.717, 1.165) is 0 Å². The van der Waals surface area contributed by atoms with Crippen molar-refractivity contribution in [2.45, 2.75) is 11.8 Å². The van der Waals surface area contributed by atoms with Gasteiger partial charge in [0.2, 0.25) is 11.0 Å². The van der Waals surface area contributed by atoms with E-state index in [4.69, 9.17) is 36.8 Å². The number of benzene rings is 1. The number of hydrogen-bond donors (Lipinski definition) is 0. The third-order valence-corrected chi connectivity index (χ3v) is 5.01. The average molecular weight is 449 g/mol. The van der Waals surface area contributed by atoms with E-state index in [-0.39, 0.29) is 6.61 Å². The van der Waals surface area contributed by atoms with Gasteiger partial charge in [-0.25, -0.2) is 0 Å². The first-order valence-corrected chi connectivity index (χ1v) is 10.4. The van der Waals surface area contributed by atoms with Crippen molar-refractivity contribution in [1.82, 2.24) is 14.9 Å². The van der Waals surface area contributed by atoms with Crippen LogP contribution >= 0.6 is 35.0 Å². The van der Waals surface area contributed by atoms with Crippen molar-refractivity contribution in [3.8, 4) is 17.3 Å². The highest BCUT2D eigenvalue weighted by Crippen LogP contribution is 2.33. The van der Waals surface area contributed by atoms with Crippen LogP contribution in [-0.4, -0.2) is 27.3 Å². The maximum atomic E-state index is 6.11. The molecule has 0 radical (unpaired) electrons. The first-order valence-electron chi connectivity index (χ1n) is 8.39. The van der Waals surface area contributed by atoms with Crippen LogP contribution in [0.3, 0.4) is 0 Å². The Bertz CT molecular complexity index is 1120. The highest BCUT2D eigenvalue weighted by Gasteiger charge is 2.15. The first-order chi connectivity index (χ1) is 14.2. The minimum absolute atomic E-state index is 0.178. The van der Waals surface area contributed by atoms with Crippen molar-refractivity contribution < 1.29 is 13.6 Å². The summed E-state index contributed by atoms with van der Waals surface area (Å²) in [6.45, 7) is 0.178. The smallest absolute Gasteiger partial charge is 0.221 e. The standard InChI is InChI=1S/C19H14Cl2N4O3S/c1-29-19-24-23-18(16-6-3-9-26-16)25(19)22-10-12-7-8-13(28-12)11-27-17-14(20)4-2-5-15(17)21/h2-10H,11H2,1H3/b22-10+. The molecule has 0 spiro atoms. The molecule has 0 bridgehead atoms. The lowest BCUT2D eigenvalue weighted by Gasteiger charge is -2.07. The van der Waals surface area contributed by atoms with E-state index < -0.39 is 0 Å². The summed E-state index contributed by atoms with van der Waals surface area (Å²) in [5.74, 6) is 2.63. The number of aromatic nitrogens is 3. The van der Waals surface area contributed by atoms with Crippen molar-refractivity contribution in [3.05, 3.63) is 70.3 Å². The lowest BCUT2D eigenvalue weighted by Crippen LogP contribution is -1.96. The topological polar surface area (TPSA) is 78.6 Å². The van der Waals surface area contributed by atoms with Crippen LogP contribution in [0.15, 0.2) is 67.8 Å². The number of nitrogens with zero attached hydrogens (tertiary/aromatic N) is 4. The van der Waals surface area contributed by atoms with Gasteiger partial charge in [-0.05, 0) is 42.7 Å². The molecular formula is C19H14Cl2N4O3S. The Hall–Kier alpha value is -2.68. The first kappa shape index (κ1) is 19.6. The number of thioether (sulfide) groups is 1. The molecule has 0 saturated carbocycles.